The summed E-state index contributed by atoms with van der Waals surface area (Å²) in [5.74, 6) is 1.85. The Balaban J connectivity index is 1.45. The Morgan fingerprint density at radius 3 is 2.69 bits per heavy atom. The van der Waals surface area contributed by atoms with Crippen molar-refractivity contribution >= 4 is 16.7 Å². The van der Waals surface area contributed by atoms with Crippen molar-refractivity contribution < 1.29 is 23.5 Å². The molecule has 1 saturated heterocycles. The van der Waals surface area contributed by atoms with Gasteiger partial charge in [0.2, 0.25) is 0 Å². The van der Waals surface area contributed by atoms with Gasteiger partial charge in [0.1, 0.15) is 18.1 Å². The van der Waals surface area contributed by atoms with Gasteiger partial charge in [-0.2, -0.15) is 0 Å². The summed E-state index contributed by atoms with van der Waals surface area (Å²) >= 11 is 0. The molecule has 2 aromatic carbocycles. The number of carbonyl (C=O) groups excluding carboxylic acids is 1. The van der Waals surface area contributed by atoms with Gasteiger partial charge >= 0.3 is 0 Å². The van der Waals surface area contributed by atoms with Crippen LogP contribution in [0.2, 0.25) is 0 Å². The largest absolute Gasteiger partial charge is 0.496 e. The molecule has 7 heteroatoms. The van der Waals surface area contributed by atoms with Crippen LogP contribution in [0.1, 0.15) is 29.1 Å². The molecule has 0 aliphatic carbocycles. The average Bonchev–Trinajstić information content (AvgIpc) is 3.26. The molecule has 3 aromatic rings. The summed E-state index contributed by atoms with van der Waals surface area (Å²) in [7, 11) is 3.32. The van der Waals surface area contributed by atoms with Crippen LogP contribution in [0.5, 0.6) is 11.5 Å². The number of fused-ring (bicyclic) bond motifs is 1. The third-order valence-electron chi connectivity index (χ3n) is 5.21. The van der Waals surface area contributed by atoms with Crippen molar-refractivity contribution in [3.8, 4) is 11.5 Å². The summed E-state index contributed by atoms with van der Waals surface area (Å²) in [6, 6.07) is 13.2. The van der Waals surface area contributed by atoms with Crippen molar-refractivity contribution in [2.75, 3.05) is 27.3 Å². The standard InChI is InChI=1S/C22H24N2O5/c1-26-15-6-5-11-24(13-15)22(25)19-12-16(29-23-19)14-28-21-10-9-20(27-2)17-7-3-4-8-18(17)21/h3-4,7-10,12,15H,5-6,11,13-14H2,1-2H3/t15-/m0/s1. The van der Waals surface area contributed by atoms with Crippen LogP contribution in [0.3, 0.4) is 0 Å². The van der Waals surface area contributed by atoms with Crippen LogP contribution in [0.25, 0.3) is 10.8 Å². The predicted octanol–water partition coefficient (Wildman–Crippen LogP) is 3.67. The Morgan fingerprint density at radius 2 is 1.93 bits per heavy atom. The monoisotopic (exact) mass is 396 g/mol. The molecule has 1 aliphatic heterocycles. The SMILES string of the molecule is COc1ccc(OCc2cc(C(=O)N3CCC[C@H](OC)C3)no2)c2ccccc12. The van der Waals surface area contributed by atoms with E-state index in [0.717, 1.165) is 29.4 Å². The molecular formula is C22H24N2O5. The second-order valence-corrected chi connectivity index (χ2v) is 7.03. The van der Waals surface area contributed by atoms with E-state index in [1.807, 2.05) is 36.4 Å². The van der Waals surface area contributed by atoms with Gasteiger partial charge in [-0.15, -0.1) is 0 Å². The van der Waals surface area contributed by atoms with Gasteiger partial charge in [0.05, 0.1) is 13.2 Å². The topological polar surface area (TPSA) is 74.0 Å². The van der Waals surface area contributed by atoms with Gasteiger partial charge in [0, 0.05) is 37.0 Å². The van der Waals surface area contributed by atoms with Crippen molar-refractivity contribution in [2.45, 2.75) is 25.6 Å². The van der Waals surface area contributed by atoms with Gasteiger partial charge in [-0.1, -0.05) is 29.4 Å². The lowest BCUT2D eigenvalue weighted by Crippen LogP contribution is -2.43. The number of rotatable bonds is 6. The molecule has 1 aliphatic rings. The van der Waals surface area contributed by atoms with Gasteiger partial charge in [0.15, 0.2) is 11.5 Å². The van der Waals surface area contributed by atoms with Crippen LogP contribution in [0.4, 0.5) is 0 Å². The van der Waals surface area contributed by atoms with E-state index in [0.29, 0.717) is 30.3 Å². The van der Waals surface area contributed by atoms with Crippen molar-refractivity contribution in [3.63, 3.8) is 0 Å². The molecule has 1 fully saturated rings. The van der Waals surface area contributed by atoms with E-state index in [9.17, 15) is 4.79 Å². The first-order valence-electron chi connectivity index (χ1n) is 9.66. The summed E-state index contributed by atoms with van der Waals surface area (Å²) in [6.45, 7) is 1.46. The van der Waals surface area contributed by atoms with Crippen molar-refractivity contribution in [3.05, 3.63) is 53.9 Å². The highest BCUT2D eigenvalue weighted by Crippen LogP contribution is 2.33. The third-order valence-corrected chi connectivity index (χ3v) is 5.21. The molecule has 1 amide bonds. The van der Waals surface area contributed by atoms with E-state index in [1.54, 1.807) is 25.2 Å². The number of ether oxygens (including phenoxy) is 3. The van der Waals surface area contributed by atoms with Crippen molar-refractivity contribution in [1.82, 2.24) is 10.1 Å². The first-order valence-corrected chi connectivity index (χ1v) is 9.66. The molecule has 0 radical (unpaired) electrons. The second kappa shape index (κ2) is 8.53. The average molecular weight is 396 g/mol. The fourth-order valence-electron chi connectivity index (χ4n) is 3.66. The number of hydrogen-bond donors (Lipinski definition) is 0. The molecular weight excluding hydrogens is 372 g/mol. The Labute approximate surface area is 169 Å². The number of nitrogens with zero attached hydrogens (tertiary/aromatic N) is 2. The molecule has 4 rings (SSSR count). The number of aromatic nitrogens is 1. The zero-order valence-electron chi connectivity index (χ0n) is 16.6. The fourth-order valence-corrected chi connectivity index (χ4v) is 3.66. The zero-order chi connectivity index (χ0) is 20.2. The molecule has 0 bridgehead atoms. The number of methoxy groups -OCH3 is 2. The quantitative estimate of drug-likeness (QED) is 0.633. The maximum atomic E-state index is 12.7. The summed E-state index contributed by atoms with van der Waals surface area (Å²) in [4.78, 5) is 14.4. The summed E-state index contributed by atoms with van der Waals surface area (Å²) < 4.78 is 22.1. The van der Waals surface area contributed by atoms with Gasteiger partial charge in [-0.3, -0.25) is 4.79 Å². The van der Waals surface area contributed by atoms with Crippen molar-refractivity contribution in [1.29, 1.82) is 0 Å². The summed E-state index contributed by atoms with van der Waals surface area (Å²) in [5.41, 5.74) is 0.292. The third kappa shape index (κ3) is 4.05. The second-order valence-electron chi connectivity index (χ2n) is 7.03. The molecule has 152 valence electrons. The molecule has 1 aromatic heterocycles. The van der Waals surface area contributed by atoms with E-state index in [2.05, 4.69) is 5.16 Å². The van der Waals surface area contributed by atoms with Gasteiger partial charge in [-0.25, -0.2) is 0 Å². The first-order chi connectivity index (χ1) is 14.2. The van der Waals surface area contributed by atoms with Crippen LogP contribution in [-0.2, 0) is 11.3 Å². The number of carbonyl (C=O) groups is 1. The lowest BCUT2D eigenvalue weighted by Gasteiger charge is -2.31. The van der Waals surface area contributed by atoms with E-state index in [4.69, 9.17) is 18.7 Å². The van der Waals surface area contributed by atoms with E-state index >= 15 is 0 Å². The van der Waals surface area contributed by atoms with Gasteiger partial charge in [0.25, 0.3) is 5.91 Å². The van der Waals surface area contributed by atoms with Crippen LogP contribution in [0, 0.1) is 0 Å². The molecule has 0 N–H and O–H groups in total. The molecule has 0 spiro atoms. The number of amides is 1. The zero-order valence-corrected chi connectivity index (χ0v) is 16.6. The highest BCUT2D eigenvalue weighted by Gasteiger charge is 2.26. The molecule has 2 heterocycles. The number of piperidine rings is 1. The molecule has 7 nitrogen and oxygen atoms in total. The van der Waals surface area contributed by atoms with Crippen LogP contribution in [-0.4, -0.2) is 49.4 Å². The maximum Gasteiger partial charge on any atom is 0.276 e. The van der Waals surface area contributed by atoms with E-state index in [1.165, 1.54) is 0 Å². The smallest absolute Gasteiger partial charge is 0.276 e. The predicted molar refractivity (Wildman–Crippen MR) is 107 cm³/mol. The molecule has 0 saturated carbocycles. The fraction of sp³-hybridized carbons (Fsp3) is 0.364. The lowest BCUT2D eigenvalue weighted by atomic mass is 10.1. The highest BCUT2D eigenvalue weighted by molar-refractivity contribution is 5.93. The Morgan fingerprint density at radius 1 is 1.17 bits per heavy atom. The first kappa shape index (κ1) is 19.3. The molecule has 1 atom stereocenters. The summed E-state index contributed by atoms with van der Waals surface area (Å²) in [5, 5.41) is 5.85. The Kier molecular flexibility index (Phi) is 5.67. The van der Waals surface area contributed by atoms with E-state index in [-0.39, 0.29) is 18.6 Å². The normalized spacial score (nSPS) is 16.8. The van der Waals surface area contributed by atoms with Crippen LogP contribution >= 0.6 is 0 Å². The van der Waals surface area contributed by atoms with Crippen LogP contribution < -0.4 is 9.47 Å². The Hall–Kier alpha value is -3.06. The minimum Gasteiger partial charge on any atom is -0.496 e. The van der Waals surface area contributed by atoms with E-state index < -0.39 is 0 Å². The molecule has 0 unspecified atom stereocenters. The number of hydrogen-bond acceptors (Lipinski definition) is 6. The minimum atomic E-state index is -0.142. The van der Waals surface area contributed by atoms with Crippen molar-refractivity contribution in [2.24, 2.45) is 0 Å². The summed E-state index contributed by atoms with van der Waals surface area (Å²) in [6.07, 6.45) is 1.96. The van der Waals surface area contributed by atoms with Gasteiger partial charge < -0.3 is 23.6 Å². The lowest BCUT2D eigenvalue weighted by molar-refractivity contribution is 0.0263. The number of benzene rings is 2. The molecule has 29 heavy (non-hydrogen) atoms. The highest BCUT2D eigenvalue weighted by atomic mass is 16.5. The van der Waals surface area contributed by atoms with Crippen LogP contribution in [0.15, 0.2) is 47.0 Å². The van der Waals surface area contributed by atoms with Gasteiger partial charge in [-0.05, 0) is 25.0 Å². The maximum absolute atomic E-state index is 12.7. The Bertz CT molecular complexity index is 1000. The minimum absolute atomic E-state index is 0.0748. The number of likely N-dealkylation sites (tertiary alicyclic amines) is 1.